The van der Waals surface area contributed by atoms with E-state index in [1.807, 2.05) is 0 Å². The van der Waals surface area contributed by atoms with E-state index in [-0.39, 0.29) is 5.78 Å². The summed E-state index contributed by atoms with van der Waals surface area (Å²) in [6, 6.07) is 9.96. The number of rotatable bonds is 2. The Bertz CT molecular complexity index is 685. The van der Waals surface area contributed by atoms with E-state index in [1.165, 1.54) is 0 Å². The zero-order valence-electron chi connectivity index (χ0n) is 10.6. The van der Waals surface area contributed by atoms with Gasteiger partial charge in [-0.1, -0.05) is 11.6 Å². The molecule has 0 unspecified atom stereocenters. The SMILES string of the molecule is Nc1cc(C(=O)c2ccc3c(c2)OCCO3)ccc1Cl. The molecule has 1 heterocycles. The van der Waals surface area contributed by atoms with Gasteiger partial charge in [0.2, 0.25) is 0 Å². The zero-order valence-corrected chi connectivity index (χ0v) is 11.3. The van der Waals surface area contributed by atoms with E-state index in [0.717, 1.165) is 0 Å². The number of nitrogens with two attached hydrogens (primary N) is 1. The van der Waals surface area contributed by atoms with E-state index in [2.05, 4.69) is 0 Å². The fourth-order valence-corrected chi connectivity index (χ4v) is 2.15. The molecule has 0 fully saturated rings. The summed E-state index contributed by atoms with van der Waals surface area (Å²) in [4.78, 5) is 12.4. The highest BCUT2D eigenvalue weighted by molar-refractivity contribution is 6.33. The number of hydrogen-bond donors (Lipinski definition) is 1. The number of nitrogen functional groups attached to an aromatic ring is 1. The molecule has 0 saturated carbocycles. The van der Waals surface area contributed by atoms with Gasteiger partial charge in [-0.3, -0.25) is 4.79 Å². The Morgan fingerprint density at radius 1 is 1.00 bits per heavy atom. The van der Waals surface area contributed by atoms with Crippen LogP contribution in [0.5, 0.6) is 11.5 Å². The lowest BCUT2D eigenvalue weighted by Gasteiger charge is -2.18. The van der Waals surface area contributed by atoms with Gasteiger partial charge in [-0.05, 0) is 36.4 Å². The fraction of sp³-hybridized carbons (Fsp3) is 0.133. The van der Waals surface area contributed by atoms with Crippen molar-refractivity contribution in [3.05, 3.63) is 52.5 Å². The molecule has 0 saturated heterocycles. The Labute approximate surface area is 121 Å². The number of fused-ring (bicyclic) bond motifs is 1. The van der Waals surface area contributed by atoms with E-state index in [9.17, 15) is 4.79 Å². The zero-order chi connectivity index (χ0) is 14.1. The van der Waals surface area contributed by atoms with Gasteiger partial charge in [-0.15, -0.1) is 0 Å². The molecule has 2 aromatic rings. The highest BCUT2D eigenvalue weighted by Crippen LogP contribution is 2.31. The highest BCUT2D eigenvalue weighted by atomic mass is 35.5. The number of carbonyl (C=O) groups excluding carboxylic acids is 1. The summed E-state index contributed by atoms with van der Waals surface area (Å²) < 4.78 is 10.9. The maximum absolute atomic E-state index is 12.4. The molecule has 0 radical (unpaired) electrons. The first kappa shape index (κ1) is 12.8. The normalized spacial score (nSPS) is 13.1. The van der Waals surface area contributed by atoms with Gasteiger partial charge < -0.3 is 15.2 Å². The molecule has 2 aromatic carbocycles. The lowest BCUT2D eigenvalue weighted by molar-refractivity contribution is 0.103. The third-order valence-corrected chi connectivity index (χ3v) is 3.41. The van der Waals surface area contributed by atoms with E-state index in [1.54, 1.807) is 36.4 Å². The van der Waals surface area contributed by atoms with E-state index >= 15 is 0 Å². The predicted octanol–water partition coefficient (Wildman–Crippen LogP) is 2.92. The van der Waals surface area contributed by atoms with Gasteiger partial charge in [-0.25, -0.2) is 0 Å². The molecule has 0 aliphatic carbocycles. The topological polar surface area (TPSA) is 61.6 Å². The lowest BCUT2D eigenvalue weighted by Crippen LogP contribution is -2.15. The molecular formula is C15H12ClNO3. The third kappa shape index (κ3) is 2.30. The number of halogens is 1. The molecule has 0 aromatic heterocycles. The third-order valence-electron chi connectivity index (χ3n) is 3.06. The summed E-state index contributed by atoms with van der Waals surface area (Å²) in [5.41, 5.74) is 7.12. The first-order valence-corrected chi connectivity index (χ1v) is 6.52. The van der Waals surface area contributed by atoms with Gasteiger partial charge in [0, 0.05) is 11.1 Å². The van der Waals surface area contributed by atoms with E-state index in [0.29, 0.717) is 46.5 Å². The predicted molar refractivity (Wildman–Crippen MR) is 76.7 cm³/mol. The Hall–Kier alpha value is -2.20. The Kier molecular flexibility index (Phi) is 3.24. The van der Waals surface area contributed by atoms with Gasteiger partial charge in [0.1, 0.15) is 13.2 Å². The molecule has 20 heavy (non-hydrogen) atoms. The molecule has 102 valence electrons. The summed E-state index contributed by atoms with van der Waals surface area (Å²) in [6.45, 7) is 1.01. The maximum atomic E-state index is 12.4. The summed E-state index contributed by atoms with van der Waals surface area (Å²) in [6.07, 6.45) is 0. The standard InChI is InChI=1S/C15H12ClNO3/c16-11-3-1-9(7-12(11)17)15(18)10-2-4-13-14(8-10)20-6-5-19-13/h1-4,7-8H,5-6,17H2. The van der Waals surface area contributed by atoms with Crippen LogP contribution < -0.4 is 15.2 Å². The average molecular weight is 290 g/mol. The smallest absolute Gasteiger partial charge is 0.193 e. The fourth-order valence-electron chi connectivity index (χ4n) is 2.04. The Morgan fingerprint density at radius 2 is 1.65 bits per heavy atom. The van der Waals surface area contributed by atoms with Gasteiger partial charge in [0.15, 0.2) is 17.3 Å². The Balaban J connectivity index is 1.95. The molecule has 5 heteroatoms. The van der Waals surface area contributed by atoms with Gasteiger partial charge in [0.25, 0.3) is 0 Å². The molecule has 4 nitrogen and oxygen atoms in total. The molecule has 0 atom stereocenters. The molecule has 1 aliphatic heterocycles. The van der Waals surface area contributed by atoms with Crippen LogP contribution in [-0.2, 0) is 0 Å². The monoisotopic (exact) mass is 289 g/mol. The minimum Gasteiger partial charge on any atom is -0.486 e. The molecule has 1 aliphatic rings. The van der Waals surface area contributed by atoms with Crippen LogP contribution in [0.2, 0.25) is 5.02 Å². The van der Waals surface area contributed by atoms with Crippen LogP contribution in [0.4, 0.5) is 5.69 Å². The summed E-state index contributed by atoms with van der Waals surface area (Å²) in [5.74, 6) is 1.11. The van der Waals surface area contributed by atoms with E-state index in [4.69, 9.17) is 26.8 Å². The van der Waals surface area contributed by atoms with Crippen LogP contribution in [0, 0.1) is 0 Å². The summed E-state index contributed by atoms with van der Waals surface area (Å²) in [5, 5.41) is 0.434. The van der Waals surface area contributed by atoms with Crippen LogP contribution in [0.25, 0.3) is 0 Å². The van der Waals surface area contributed by atoms with Crippen molar-refractivity contribution in [2.75, 3.05) is 18.9 Å². The van der Waals surface area contributed by atoms with Crippen molar-refractivity contribution in [1.29, 1.82) is 0 Å². The highest BCUT2D eigenvalue weighted by Gasteiger charge is 2.16. The largest absolute Gasteiger partial charge is 0.486 e. The molecular weight excluding hydrogens is 278 g/mol. The minimum absolute atomic E-state index is 0.134. The van der Waals surface area contributed by atoms with Gasteiger partial charge in [0.05, 0.1) is 10.7 Å². The number of carbonyl (C=O) groups is 1. The quantitative estimate of drug-likeness (QED) is 0.682. The second kappa shape index (κ2) is 5.06. The summed E-state index contributed by atoms with van der Waals surface area (Å²) >= 11 is 5.85. The number of ketones is 1. The van der Waals surface area contributed by atoms with Crippen LogP contribution in [0.1, 0.15) is 15.9 Å². The molecule has 0 bridgehead atoms. The van der Waals surface area contributed by atoms with Gasteiger partial charge >= 0.3 is 0 Å². The van der Waals surface area contributed by atoms with Crippen LogP contribution in [-0.4, -0.2) is 19.0 Å². The molecule has 2 N–H and O–H groups in total. The van der Waals surface area contributed by atoms with Gasteiger partial charge in [-0.2, -0.15) is 0 Å². The summed E-state index contributed by atoms with van der Waals surface area (Å²) in [7, 11) is 0. The number of ether oxygens (including phenoxy) is 2. The molecule has 0 amide bonds. The first-order chi connectivity index (χ1) is 9.65. The second-order valence-electron chi connectivity index (χ2n) is 4.42. The van der Waals surface area contributed by atoms with Crippen molar-refractivity contribution in [2.24, 2.45) is 0 Å². The number of benzene rings is 2. The Morgan fingerprint density at radius 3 is 2.40 bits per heavy atom. The lowest BCUT2D eigenvalue weighted by atomic mass is 10.0. The number of anilines is 1. The maximum Gasteiger partial charge on any atom is 0.193 e. The van der Waals surface area contributed by atoms with Crippen molar-refractivity contribution < 1.29 is 14.3 Å². The second-order valence-corrected chi connectivity index (χ2v) is 4.83. The first-order valence-electron chi connectivity index (χ1n) is 6.14. The van der Waals surface area contributed by atoms with Crippen molar-refractivity contribution in [1.82, 2.24) is 0 Å². The van der Waals surface area contributed by atoms with Crippen molar-refractivity contribution >= 4 is 23.1 Å². The van der Waals surface area contributed by atoms with Crippen LogP contribution >= 0.6 is 11.6 Å². The van der Waals surface area contributed by atoms with Crippen molar-refractivity contribution in [3.8, 4) is 11.5 Å². The molecule has 3 rings (SSSR count). The van der Waals surface area contributed by atoms with Crippen LogP contribution in [0.3, 0.4) is 0 Å². The van der Waals surface area contributed by atoms with Crippen molar-refractivity contribution in [3.63, 3.8) is 0 Å². The van der Waals surface area contributed by atoms with E-state index < -0.39 is 0 Å². The van der Waals surface area contributed by atoms with Crippen LogP contribution in [0.15, 0.2) is 36.4 Å². The molecule has 0 spiro atoms. The number of hydrogen-bond acceptors (Lipinski definition) is 4. The minimum atomic E-state index is -0.134. The van der Waals surface area contributed by atoms with Crippen molar-refractivity contribution in [2.45, 2.75) is 0 Å². The average Bonchev–Trinajstić information content (AvgIpc) is 2.49.